The van der Waals surface area contributed by atoms with Crippen molar-refractivity contribution in [1.29, 1.82) is 0 Å². The van der Waals surface area contributed by atoms with Gasteiger partial charge in [-0.05, 0) is 43.7 Å². The van der Waals surface area contributed by atoms with Gasteiger partial charge in [0.05, 0.1) is 17.0 Å². The molecule has 0 saturated carbocycles. The lowest BCUT2D eigenvalue weighted by Gasteiger charge is -2.35. The zero-order valence-electron chi connectivity index (χ0n) is 11.8. The highest BCUT2D eigenvalue weighted by atomic mass is 35.5. The molecule has 1 unspecified atom stereocenters. The molecule has 1 fully saturated rings. The van der Waals surface area contributed by atoms with Gasteiger partial charge in [0.25, 0.3) is 5.91 Å². The molecule has 1 aromatic rings. The van der Waals surface area contributed by atoms with Crippen LogP contribution in [0.25, 0.3) is 0 Å². The predicted octanol–water partition coefficient (Wildman–Crippen LogP) is 3.53. The minimum Gasteiger partial charge on any atom is -0.481 e. The molecule has 1 N–H and O–H groups in total. The van der Waals surface area contributed by atoms with Crippen molar-refractivity contribution in [2.45, 2.75) is 36.6 Å². The summed E-state index contributed by atoms with van der Waals surface area (Å²) in [5.41, 5.74) is 0.459. The van der Waals surface area contributed by atoms with Gasteiger partial charge < -0.3 is 10.0 Å². The minimum absolute atomic E-state index is 0.00836. The first-order valence-electron chi connectivity index (χ1n) is 6.89. The number of likely N-dealkylation sites (tertiary alicyclic amines) is 1. The summed E-state index contributed by atoms with van der Waals surface area (Å²) in [5.74, 6) is -1.04. The maximum atomic E-state index is 12.7. The quantitative estimate of drug-likeness (QED) is 0.859. The minimum atomic E-state index is -0.872. The zero-order chi connectivity index (χ0) is 15.4. The van der Waals surface area contributed by atoms with Gasteiger partial charge in [-0.25, -0.2) is 0 Å². The van der Waals surface area contributed by atoms with Crippen LogP contribution in [0, 0.1) is 0 Å². The van der Waals surface area contributed by atoms with Gasteiger partial charge in [0, 0.05) is 17.5 Å². The van der Waals surface area contributed by atoms with Gasteiger partial charge in [0.15, 0.2) is 0 Å². The van der Waals surface area contributed by atoms with Crippen LogP contribution in [0.3, 0.4) is 0 Å². The number of hydrogen-bond acceptors (Lipinski definition) is 3. The van der Waals surface area contributed by atoms with E-state index in [-0.39, 0.29) is 18.4 Å². The van der Waals surface area contributed by atoms with Crippen molar-refractivity contribution >= 4 is 35.2 Å². The summed E-state index contributed by atoms with van der Waals surface area (Å²) in [4.78, 5) is 26.3. The van der Waals surface area contributed by atoms with E-state index in [4.69, 9.17) is 16.7 Å². The van der Waals surface area contributed by atoms with Crippen molar-refractivity contribution in [3.05, 3.63) is 28.8 Å². The fourth-order valence-corrected chi connectivity index (χ4v) is 3.27. The van der Waals surface area contributed by atoms with Crippen LogP contribution in [0.2, 0.25) is 5.02 Å². The lowest BCUT2D eigenvalue weighted by Crippen LogP contribution is -2.44. The Morgan fingerprint density at radius 2 is 2.19 bits per heavy atom. The number of aliphatic carboxylic acids is 1. The first-order chi connectivity index (χ1) is 10.0. The molecule has 1 aliphatic rings. The number of carbonyl (C=O) groups excluding carboxylic acids is 1. The van der Waals surface area contributed by atoms with Gasteiger partial charge in [-0.15, -0.1) is 11.8 Å². The van der Waals surface area contributed by atoms with Crippen molar-refractivity contribution < 1.29 is 14.7 Å². The Bertz CT molecular complexity index is 550. The van der Waals surface area contributed by atoms with Crippen LogP contribution in [0.1, 0.15) is 36.0 Å². The van der Waals surface area contributed by atoms with E-state index in [2.05, 4.69) is 0 Å². The molecular formula is C15H18ClNO3S. The lowest BCUT2D eigenvalue weighted by atomic mass is 9.98. The Hall–Kier alpha value is -1.20. The van der Waals surface area contributed by atoms with Crippen LogP contribution in [-0.2, 0) is 4.79 Å². The number of rotatable bonds is 4. The van der Waals surface area contributed by atoms with Crippen LogP contribution >= 0.6 is 23.4 Å². The molecule has 0 bridgehead atoms. The Morgan fingerprint density at radius 1 is 1.43 bits per heavy atom. The number of hydrogen-bond donors (Lipinski definition) is 1. The molecule has 0 radical (unpaired) electrons. The van der Waals surface area contributed by atoms with Gasteiger partial charge in [0.2, 0.25) is 0 Å². The number of halogens is 1. The Kier molecular flexibility index (Phi) is 5.53. The molecule has 21 heavy (non-hydrogen) atoms. The van der Waals surface area contributed by atoms with Crippen molar-refractivity contribution in [2.75, 3.05) is 12.8 Å². The monoisotopic (exact) mass is 327 g/mol. The van der Waals surface area contributed by atoms with Gasteiger partial charge in [0.1, 0.15) is 0 Å². The van der Waals surface area contributed by atoms with Crippen molar-refractivity contribution in [3.8, 4) is 0 Å². The highest BCUT2D eigenvalue weighted by Crippen LogP contribution is 2.27. The van der Waals surface area contributed by atoms with Crippen LogP contribution in [-0.4, -0.2) is 40.7 Å². The number of carboxylic acids is 1. The average Bonchev–Trinajstić information content (AvgIpc) is 2.47. The van der Waals surface area contributed by atoms with Crippen LogP contribution in [0.4, 0.5) is 0 Å². The number of amides is 1. The molecule has 0 aliphatic carbocycles. The third-order valence-corrected chi connectivity index (χ3v) is 4.76. The number of carbonyl (C=O) groups is 2. The van der Waals surface area contributed by atoms with Crippen LogP contribution in [0.15, 0.2) is 23.1 Å². The van der Waals surface area contributed by atoms with E-state index in [1.807, 2.05) is 12.3 Å². The topological polar surface area (TPSA) is 57.6 Å². The first-order valence-corrected chi connectivity index (χ1v) is 8.49. The normalized spacial score (nSPS) is 18.6. The summed E-state index contributed by atoms with van der Waals surface area (Å²) >= 11 is 7.69. The number of carboxylic acid groups (broad SMARTS) is 1. The third kappa shape index (κ3) is 3.92. The summed E-state index contributed by atoms with van der Waals surface area (Å²) in [6.45, 7) is 0.594. The molecule has 114 valence electrons. The second kappa shape index (κ2) is 7.18. The molecule has 4 nitrogen and oxygen atoms in total. The fourth-order valence-electron chi connectivity index (χ4n) is 2.63. The van der Waals surface area contributed by atoms with E-state index in [1.54, 1.807) is 28.8 Å². The van der Waals surface area contributed by atoms with Crippen LogP contribution in [0.5, 0.6) is 0 Å². The Labute approximate surface area is 133 Å². The summed E-state index contributed by atoms with van der Waals surface area (Å²) in [5, 5.41) is 9.42. The van der Waals surface area contributed by atoms with Gasteiger partial charge in [-0.1, -0.05) is 11.6 Å². The van der Waals surface area contributed by atoms with E-state index in [0.29, 0.717) is 17.1 Å². The second-order valence-corrected chi connectivity index (χ2v) is 6.38. The summed E-state index contributed by atoms with van der Waals surface area (Å²) in [6, 6.07) is 5.13. The Balaban J connectivity index is 2.26. The molecule has 0 spiro atoms. The van der Waals surface area contributed by atoms with Gasteiger partial charge in [-0.3, -0.25) is 9.59 Å². The summed E-state index contributed by atoms with van der Waals surface area (Å²) in [7, 11) is 0. The molecule has 1 saturated heterocycles. The molecule has 2 rings (SSSR count). The molecular weight excluding hydrogens is 310 g/mol. The second-order valence-electron chi connectivity index (χ2n) is 5.09. The van der Waals surface area contributed by atoms with E-state index >= 15 is 0 Å². The molecule has 1 aromatic carbocycles. The smallest absolute Gasteiger partial charge is 0.305 e. The third-order valence-electron chi connectivity index (χ3n) is 3.70. The number of nitrogens with zero attached hydrogens (tertiary/aromatic N) is 1. The highest BCUT2D eigenvalue weighted by Gasteiger charge is 2.30. The van der Waals surface area contributed by atoms with E-state index < -0.39 is 5.97 Å². The first kappa shape index (κ1) is 16.2. The molecule has 1 aliphatic heterocycles. The van der Waals surface area contributed by atoms with Crippen molar-refractivity contribution in [2.24, 2.45) is 0 Å². The Morgan fingerprint density at radius 3 is 2.86 bits per heavy atom. The lowest BCUT2D eigenvalue weighted by molar-refractivity contribution is -0.138. The molecule has 0 aromatic heterocycles. The average molecular weight is 328 g/mol. The number of thioether (sulfide) groups is 1. The summed E-state index contributed by atoms with van der Waals surface area (Å²) < 4.78 is 0. The van der Waals surface area contributed by atoms with Crippen molar-refractivity contribution in [1.82, 2.24) is 4.90 Å². The number of benzene rings is 1. The van der Waals surface area contributed by atoms with Gasteiger partial charge in [-0.2, -0.15) is 0 Å². The molecule has 1 heterocycles. The van der Waals surface area contributed by atoms with Crippen molar-refractivity contribution in [3.63, 3.8) is 0 Å². The van der Waals surface area contributed by atoms with E-state index in [1.165, 1.54) is 0 Å². The maximum Gasteiger partial charge on any atom is 0.305 e. The SMILES string of the molecule is CSc1ccc(Cl)c(C(=O)N2CCCCC2CC(=O)O)c1. The predicted molar refractivity (Wildman–Crippen MR) is 84.2 cm³/mol. The van der Waals surface area contributed by atoms with Gasteiger partial charge >= 0.3 is 5.97 Å². The number of piperidine rings is 1. The zero-order valence-corrected chi connectivity index (χ0v) is 13.4. The highest BCUT2D eigenvalue weighted by molar-refractivity contribution is 7.98. The molecule has 6 heteroatoms. The largest absolute Gasteiger partial charge is 0.481 e. The standard InChI is InChI=1S/C15H18ClNO3S/c1-21-11-5-6-13(16)12(9-11)15(20)17-7-3-2-4-10(17)8-14(18)19/h5-6,9-10H,2-4,7-8H2,1H3,(H,18,19). The maximum absolute atomic E-state index is 12.7. The molecule has 1 amide bonds. The van der Waals surface area contributed by atoms with Crippen LogP contribution < -0.4 is 0 Å². The molecule has 1 atom stereocenters. The summed E-state index contributed by atoms with van der Waals surface area (Å²) in [6.07, 6.45) is 4.52. The van der Waals surface area contributed by atoms with E-state index in [9.17, 15) is 9.59 Å². The fraction of sp³-hybridized carbons (Fsp3) is 0.467. The van der Waals surface area contributed by atoms with E-state index in [0.717, 1.165) is 24.2 Å².